The van der Waals surface area contributed by atoms with Gasteiger partial charge in [-0.25, -0.2) is 4.90 Å². The second-order valence-electron chi connectivity index (χ2n) is 11.5. The van der Waals surface area contributed by atoms with Crippen molar-refractivity contribution in [2.75, 3.05) is 11.9 Å². The summed E-state index contributed by atoms with van der Waals surface area (Å²) in [6, 6.07) is 20.2. The van der Waals surface area contributed by atoms with Crippen molar-refractivity contribution in [2.24, 2.45) is 29.1 Å². The number of amides is 4. The molecule has 7 heteroatoms. The van der Waals surface area contributed by atoms with Crippen molar-refractivity contribution >= 4 is 40.1 Å². The molecule has 0 bridgehead atoms. The number of allylic oxidation sites excluding steroid dienone is 2. The maximum Gasteiger partial charge on any atom is 0.241 e. The van der Waals surface area contributed by atoms with Crippen molar-refractivity contribution in [2.45, 2.75) is 25.7 Å². The van der Waals surface area contributed by atoms with Crippen LogP contribution in [0.25, 0.3) is 10.8 Å². The van der Waals surface area contributed by atoms with E-state index in [1.165, 1.54) is 16.8 Å². The normalized spacial score (nSPS) is 31.8. The number of phenolic OH excluding ortho intramolecular Hbond substituents is 1. The van der Waals surface area contributed by atoms with Gasteiger partial charge in [-0.2, -0.15) is 0 Å². The molecule has 3 fully saturated rings. The van der Waals surface area contributed by atoms with Gasteiger partial charge in [0.2, 0.25) is 23.6 Å². The van der Waals surface area contributed by atoms with Gasteiger partial charge in [0.25, 0.3) is 0 Å². The summed E-state index contributed by atoms with van der Waals surface area (Å²) in [4.78, 5) is 57.2. The first kappa shape index (κ1) is 23.8. The van der Waals surface area contributed by atoms with Crippen LogP contribution in [0.5, 0.6) is 5.75 Å². The predicted octanol–water partition coefficient (Wildman–Crippen LogP) is 4.41. The number of fused-ring (bicyclic) bond motifs is 5. The highest BCUT2D eigenvalue weighted by Crippen LogP contribution is 2.64. The van der Waals surface area contributed by atoms with Crippen molar-refractivity contribution in [3.05, 3.63) is 83.9 Å². The number of likely N-dealkylation sites (tertiary alicyclic amines) is 1. The Kier molecular flexibility index (Phi) is 4.96. The minimum atomic E-state index is -1.18. The Morgan fingerprint density at radius 1 is 0.846 bits per heavy atom. The van der Waals surface area contributed by atoms with Crippen LogP contribution >= 0.6 is 0 Å². The van der Waals surface area contributed by atoms with Crippen molar-refractivity contribution < 1.29 is 24.3 Å². The lowest BCUT2D eigenvalue weighted by Gasteiger charge is -2.49. The zero-order valence-electron chi connectivity index (χ0n) is 21.7. The third kappa shape index (κ3) is 2.98. The molecular formula is C32H28N2O5. The molecule has 3 aromatic rings. The first-order valence-corrected chi connectivity index (χ1v) is 13.4. The van der Waals surface area contributed by atoms with E-state index in [0.29, 0.717) is 29.5 Å². The molecule has 196 valence electrons. The Labute approximate surface area is 225 Å². The summed E-state index contributed by atoms with van der Waals surface area (Å²) in [5.74, 6) is -3.74. The van der Waals surface area contributed by atoms with E-state index < -0.39 is 29.1 Å². The number of hydrogen-bond acceptors (Lipinski definition) is 5. The van der Waals surface area contributed by atoms with E-state index >= 15 is 0 Å². The first-order chi connectivity index (χ1) is 18.7. The zero-order chi connectivity index (χ0) is 27.2. The van der Waals surface area contributed by atoms with E-state index in [0.717, 1.165) is 11.0 Å². The van der Waals surface area contributed by atoms with Gasteiger partial charge in [0.05, 0.1) is 28.9 Å². The number of phenols is 1. The van der Waals surface area contributed by atoms with Gasteiger partial charge in [-0.05, 0) is 43.2 Å². The molecule has 2 heterocycles. The monoisotopic (exact) mass is 520 g/mol. The molecule has 0 aromatic heterocycles. The van der Waals surface area contributed by atoms with Crippen molar-refractivity contribution in [1.82, 2.24) is 4.90 Å². The highest BCUT2D eigenvalue weighted by molar-refractivity contribution is 6.24. The Morgan fingerprint density at radius 2 is 1.56 bits per heavy atom. The highest BCUT2D eigenvalue weighted by Gasteiger charge is 2.67. The molecule has 2 saturated heterocycles. The summed E-state index contributed by atoms with van der Waals surface area (Å²) in [7, 11) is 1.52. The smallest absolute Gasteiger partial charge is 0.241 e. The average Bonchev–Trinajstić information content (AvgIpc) is 3.29. The van der Waals surface area contributed by atoms with Crippen LogP contribution in [0.15, 0.2) is 78.4 Å². The number of benzene rings is 3. The van der Waals surface area contributed by atoms with Gasteiger partial charge in [0, 0.05) is 23.9 Å². The largest absolute Gasteiger partial charge is 0.507 e. The number of nitrogens with zero attached hydrogens (tertiary/aromatic N) is 2. The molecule has 3 aromatic carbocycles. The summed E-state index contributed by atoms with van der Waals surface area (Å²) in [5.41, 5.74) is 0.760. The molecule has 4 aliphatic rings. The Morgan fingerprint density at radius 3 is 2.33 bits per heavy atom. The second kappa shape index (κ2) is 8.12. The van der Waals surface area contributed by atoms with Gasteiger partial charge in [0.15, 0.2) is 0 Å². The Bertz CT molecular complexity index is 1630. The second-order valence-corrected chi connectivity index (χ2v) is 11.5. The number of carbonyl (C=O) groups excluding carboxylic acids is 4. The summed E-state index contributed by atoms with van der Waals surface area (Å²) < 4.78 is 0. The molecule has 0 radical (unpaired) electrons. The van der Waals surface area contributed by atoms with Crippen molar-refractivity contribution in [3.8, 4) is 5.75 Å². The molecular weight excluding hydrogens is 492 g/mol. The number of para-hydroxylation sites is 1. The quantitative estimate of drug-likeness (QED) is 0.399. The van der Waals surface area contributed by atoms with Gasteiger partial charge < -0.3 is 5.11 Å². The summed E-state index contributed by atoms with van der Waals surface area (Å²) in [6.07, 6.45) is 2.69. The SMILES string of the molecule is CN1C(=O)C2CC=C3C(CC4C(=O)N(c5ccccc5)C(=O)C4(C)C3c3ccc4ccccc4c3O)C2C1=O. The summed E-state index contributed by atoms with van der Waals surface area (Å²) in [6.45, 7) is 1.83. The lowest BCUT2D eigenvalue weighted by Crippen LogP contribution is -2.48. The van der Waals surface area contributed by atoms with Crippen LogP contribution in [0.2, 0.25) is 0 Å². The van der Waals surface area contributed by atoms with Crippen LogP contribution < -0.4 is 4.90 Å². The number of anilines is 1. The molecule has 7 rings (SSSR count). The van der Waals surface area contributed by atoms with E-state index in [-0.39, 0.29) is 35.3 Å². The number of imide groups is 2. The van der Waals surface area contributed by atoms with E-state index in [1.807, 2.05) is 55.5 Å². The molecule has 6 unspecified atom stereocenters. The van der Waals surface area contributed by atoms with Gasteiger partial charge in [-0.3, -0.25) is 24.1 Å². The van der Waals surface area contributed by atoms with Gasteiger partial charge in [-0.1, -0.05) is 66.2 Å². The third-order valence-corrected chi connectivity index (χ3v) is 9.75. The lowest BCUT2D eigenvalue weighted by atomic mass is 9.51. The van der Waals surface area contributed by atoms with E-state index in [4.69, 9.17) is 0 Å². The van der Waals surface area contributed by atoms with Crippen LogP contribution in [0.3, 0.4) is 0 Å². The molecule has 6 atom stereocenters. The van der Waals surface area contributed by atoms with Crippen molar-refractivity contribution in [1.29, 1.82) is 0 Å². The maximum atomic E-state index is 14.4. The topological polar surface area (TPSA) is 95.0 Å². The minimum Gasteiger partial charge on any atom is -0.507 e. The molecule has 7 nitrogen and oxygen atoms in total. The Balaban J connectivity index is 1.46. The fourth-order valence-corrected chi connectivity index (χ4v) is 7.84. The van der Waals surface area contributed by atoms with E-state index in [1.54, 1.807) is 24.3 Å². The minimum absolute atomic E-state index is 0.0751. The van der Waals surface area contributed by atoms with Gasteiger partial charge in [0.1, 0.15) is 5.75 Å². The number of rotatable bonds is 2. The molecule has 39 heavy (non-hydrogen) atoms. The fraction of sp³-hybridized carbons (Fsp3) is 0.312. The number of aromatic hydroxyl groups is 1. The van der Waals surface area contributed by atoms with Crippen molar-refractivity contribution in [3.63, 3.8) is 0 Å². The van der Waals surface area contributed by atoms with Crippen LogP contribution in [0, 0.1) is 29.1 Å². The number of hydrogen-bond donors (Lipinski definition) is 1. The lowest BCUT2D eigenvalue weighted by molar-refractivity contribution is -0.138. The summed E-state index contributed by atoms with van der Waals surface area (Å²) in [5, 5.41) is 13.1. The molecule has 1 N–H and O–H groups in total. The standard InChI is InChI=1S/C32H28N2O5/c1-32-24(29(37)34(31(32)39)18-9-4-3-5-10-18)16-23-20(14-15-21-25(23)30(38)33(2)28(21)36)26(32)22-13-12-17-8-6-7-11-19(17)27(22)35/h3-14,21,23-26,35H,15-16H2,1-2H3. The average molecular weight is 521 g/mol. The van der Waals surface area contributed by atoms with Gasteiger partial charge in [-0.15, -0.1) is 0 Å². The third-order valence-electron chi connectivity index (χ3n) is 9.75. The van der Waals surface area contributed by atoms with Crippen LogP contribution in [-0.4, -0.2) is 40.7 Å². The molecule has 0 spiro atoms. The molecule has 4 amide bonds. The predicted molar refractivity (Wildman–Crippen MR) is 144 cm³/mol. The van der Waals surface area contributed by atoms with Crippen LogP contribution in [-0.2, 0) is 19.2 Å². The Hall–Kier alpha value is -4.26. The van der Waals surface area contributed by atoms with Gasteiger partial charge >= 0.3 is 0 Å². The zero-order valence-corrected chi connectivity index (χ0v) is 21.7. The number of carbonyl (C=O) groups is 4. The van der Waals surface area contributed by atoms with Crippen LogP contribution in [0.4, 0.5) is 5.69 Å². The first-order valence-electron chi connectivity index (χ1n) is 13.4. The maximum absolute atomic E-state index is 14.4. The van der Waals surface area contributed by atoms with Crippen LogP contribution in [0.1, 0.15) is 31.2 Å². The van der Waals surface area contributed by atoms with E-state index in [2.05, 4.69) is 0 Å². The fourth-order valence-electron chi connectivity index (χ4n) is 7.84. The summed E-state index contributed by atoms with van der Waals surface area (Å²) >= 11 is 0. The van der Waals surface area contributed by atoms with E-state index in [9.17, 15) is 24.3 Å². The molecule has 2 aliphatic heterocycles. The highest BCUT2D eigenvalue weighted by atomic mass is 16.3. The molecule has 1 saturated carbocycles. The molecule has 2 aliphatic carbocycles.